The van der Waals surface area contributed by atoms with Crippen LogP contribution in [0.1, 0.15) is 19.3 Å². The lowest BCUT2D eigenvalue weighted by Gasteiger charge is -2.12. The van der Waals surface area contributed by atoms with Crippen LogP contribution in [0.5, 0.6) is 0 Å². The van der Waals surface area contributed by atoms with E-state index in [9.17, 15) is 8.42 Å². The third-order valence-corrected chi connectivity index (χ3v) is 6.39. The number of benzene rings is 2. The molecule has 1 saturated heterocycles. The molecule has 0 N–H and O–H groups in total. The summed E-state index contributed by atoms with van der Waals surface area (Å²) >= 11 is 3.48. The van der Waals surface area contributed by atoms with E-state index in [2.05, 4.69) is 15.9 Å². The number of hydrogen-bond donors (Lipinski definition) is 0. The Morgan fingerprint density at radius 2 is 1.90 bits per heavy atom. The van der Waals surface area contributed by atoms with Crippen molar-refractivity contribution in [2.75, 3.05) is 12.4 Å². The molecule has 0 spiro atoms. The van der Waals surface area contributed by atoms with Crippen LogP contribution >= 0.6 is 15.9 Å². The first-order chi connectivity index (χ1) is 10.1. The molecule has 1 fully saturated rings. The van der Waals surface area contributed by atoms with Gasteiger partial charge in [-0.25, -0.2) is 8.42 Å². The highest BCUT2D eigenvalue weighted by atomic mass is 79.9. The van der Waals surface area contributed by atoms with E-state index in [4.69, 9.17) is 4.74 Å². The molecule has 1 atom stereocenters. The zero-order valence-electron chi connectivity index (χ0n) is 11.6. The number of halogens is 1. The molecule has 0 aliphatic carbocycles. The zero-order chi connectivity index (χ0) is 14.9. The maximum absolute atomic E-state index is 12.6. The summed E-state index contributed by atoms with van der Waals surface area (Å²) in [5, 5.41) is 1.70. The smallest absolute Gasteiger partial charge is 0.179 e. The Hall–Kier alpha value is -0.910. The monoisotopic (exact) mass is 368 g/mol. The molecule has 2 aromatic carbocycles. The normalized spacial score (nSPS) is 19.2. The van der Waals surface area contributed by atoms with E-state index >= 15 is 0 Å². The van der Waals surface area contributed by atoms with E-state index in [0.717, 1.165) is 34.7 Å². The van der Waals surface area contributed by atoms with Crippen LogP contribution in [0.3, 0.4) is 0 Å². The summed E-state index contributed by atoms with van der Waals surface area (Å²) in [5.74, 6) is 0.142. The van der Waals surface area contributed by atoms with Crippen LogP contribution in [0.25, 0.3) is 10.8 Å². The van der Waals surface area contributed by atoms with Gasteiger partial charge < -0.3 is 4.74 Å². The van der Waals surface area contributed by atoms with Crippen LogP contribution in [-0.4, -0.2) is 26.9 Å². The van der Waals surface area contributed by atoms with E-state index in [1.165, 1.54) is 0 Å². The molecule has 1 aliphatic rings. The van der Waals surface area contributed by atoms with Gasteiger partial charge in [-0.1, -0.05) is 40.2 Å². The molecular formula is C16H17BrO3S. The first-order valence-corrected chi connectivity index (χ1v) is 9.54. The molecule has 3 rings (SSSR count). The number of hydrogen-bond acceptors (Lipinski definition) is 3. The molecule has 1 aliphatic heterocycles. The van der Waals surface area contributed by atoms with Gasteiger partial charge in [-0.05, 0) is 36.8 Å². The third kappa shape index (κ3) is 3.15. The van der Waals surface area contributed by atoms with Gasteiger partial charge in [0.05, 0.1) is 16.8 Å². The van der Waals surface area contributed by atoms with E-state index in [1.807, 2.05) is 24.3 Å². The fourth-order valence-electron chi connectivity index (χ4n) is 2.77. The quantitative estimate of drug-likeness (QED) is 0.820. The lowest BCUT2D eigenvalue weighted by atomic mass is 10.1. The average Bonchev–Trinajstić information content (AvgIpc) is 2.99. The fraction of sp³-hybridized carbons (Fsp3) is 0.375. The number of rotatable bonds is 4. The molecule has 112 valence electrons. The minimum Gasteiger partial charge on any atom is -0.378 e. The van der Waals surface area contributed by atoms with Gasteiger partial charge in [-0.2, -0.15) is 0 Å². The Labute approximate surface area is 133 Å². The largest absolute Gasteiger partial charge is 0.378 e. The SMILES string of the molecule is O=S(=O)(CC[C@@H]1CCCO1)c1ccc(Br)c2ccccc12. The summed E-state index contributed by atoms with van der Waals surface area (Å²) in [7, 11) is -3.29. The summed E-state index contributed by atoms with van der Waals surface area (Å²) < 4.78 is 31.7. The van der Waals surface area contributed by atoms with Gasteiger partial charge in [0.25, 0.3) is 0 Å². The van der Waals surface area contributed by atoms with Crippen molar-refractivity contribution in [1.82, 2.24) is 0 Å². The molecule has 0 amide bonds. The second-order valence-corrected chi connectivity index (χ2v) is 8.27. The van der Waals surface area contributed by atoms with Crippen LogP contribution in [0.2, 0.25) is 0 Å². The third-order valence-electron chi connectivity index (χ3n) is 3.90. The van der Waals surface area contributed by atoms with Crippen molar-refractivity contribution >= 4 is 36.5 Å². The van der Waals surface area contributed by atoms with Gasteiger partial charge in [-0.15, -0.1) is 0 Å². The summed E-state index contributed by atoms with van der Waals surface area (Å²) in [6, 6.07) is 11.1. The van der Waals surface area contributed by atoms with E-state index in [-0.39, 0.29) is 11.9 Å². The topological polar surface area (TPSA) is 43.4 Å². The van der Waals surface area contributed by atoms with Crippen LogP contribution in [0.4, 0.5) is 0 Å². The summed E-state index contributed by atoms with van der Waals surface area (Å²) in [6.07, 6.45) is 2.68. The molecule has 21 heavy (non-hydrogen) atoms. The maximum Gasteiger partial charge on any atom is 0.179 e. The molecule has 5 heteroatoms. The summed E-state index contributed by atoms with van der Waals surface area (Å²) in [5.41, 5.74) is 0. The predicted molar refractivity (Wildman–Crippen MR) is 87.3 cm³/mol. The second-order valence-electron chi connectivity index (χ2n) is 5.33. The average molecular weight is 369 g/mol. The van der Waals surface area contributed by atoms with Crippen molar-refractivity contribution < 1.29 is 13.2 Å². The lowest BCUT2D eigenvalue weighted by molar-refractivity contribution is 0.109. The standard InChI is InChI=1S/C16H17BrO3S/c17-15-7-8-16(14-6-2-1-5-13(14)15)21(18,19)11-9-12-4-3-10-20-12/h1-2,5-8,12H,3-4,9-11H2/t12-/m0/s1. The molecule has 0 radical (unpaired) electrons. The van der Waals surface area contributed by atoms with Gasteiger partial charge >= 0.3 is 0 Å². The highest BCUT2D eigenvalue weighted by Gasteiger charge is 2.22. The second kappa shape index (κ2) is 6.07. The van der Waals surface area contributed by atoms with Crippen molar-refractivity contribution in [3.8, 4) is 0 Å². The Bertz CT molecular complexity index is 749. The molecule has 1 heterocycles. The fourth-order valence-corrected chi connectivity index (χ4v) is 4.83. The van der Waals surface area contributed by atoms with Crippen LogP contribution in [0, 0.1) is 0 Å². The van der Waals surface area contributed by atoms with Gasteiger partial charge in [0.2, 0.25) is 0 Å². The number of ether oxygens (including phenoxy) is 1. The lowest BCUT2D eigenvalue weighted by Crippen LogP contribution is -2.14. The Balaban J connectivity index is 1.93. The summed E-state index contributed by atoms with van der Waals surface area (Å²) in [6.45, 7) is 0.756. The van der Waals surface area contributed by atoms with Crippen molar-refractivity contribution in [2.24, 2.45) is 0 Å². The minimum absolute atomic E-state index is 0.0986. The number of sulfone groups is 1. The summed E-state index contributed by atoms with van der Waals surface area (Å²) in [4.78, 5) is 0.416. The van der Waals surface area contributed by atoms with Gasteiger partial charge in [0.1, 0.15) is 0 Å². The number of fused-ring (bicyclic) bond motifs is 1. The Kier molecular flexibility index (Phi) is 4.33. The van der Waals surface area contributed by atoms with Gasteiger partial charge in [0, 0.05) is 16.5 Å². The van der Waals surface area contributed by atoms with Crippen LogP contribution in [0.15, 0.2) is 45.8 Å². The van der Waals surface area contributed by atoms with Crippen LogP contribution in [-0.2, 0) is 14.6 Å². The highest BCUT2D eigenvalue weighted by Crippen LogP contribution is 2.30. The Morgan fingerprint density at radius 1 is 1.14 bits per heavy atom. The highest BCUT2D eigenvalue weighted by molar-refractivity contribution is 9.10. The van der Waals surface area contributed by atoms with Gasteiger partial charge in [0.15, 0.2) is 9.84 Å². The molecular weight excluding hydrogens is 352 g/mol. The molecule has 2 aromatic rings. The molecule has 0 aromatic heterocycles. The van der Waals surface area contributed by atoms with Crippen molar-refractivity contribution in [3.05, 3.63) is 40.9 Å². The molecule has 3 nitrogen and oxygen atoms in total. The minimum atomic E-state index is -3.29. The van der Waals surface area contributed by atoms with Crippen LogP contribution < -0.4 is 0 Å². The van der Waals surface area contributed by atoms with Crippen molar-refractivity contribution in [1.29, 1.82) is 0 Å². The molecule has 0 saturated carbocycles. The van der Waals surface area contributed by atoms with Crippen molar-refractivity contribution in [2.45, 2.75) is 30.3 Å². The molecule has 0 unspecified atom stereocenters. The predicted octanol–water partition coefficient (Wildman–Crippen LogP) is 3.95. The van der Waals surface area contributed by atoms with E-state index in [1.54, 1.807) is 12.1 Å². The molecule has 0 bridgehead atoms. The van der Waals surface area contributed by atoms with Crippen molar-refractivity contribution in [3.63, 3.8) is 0 Å². The zero-order valence-corrected chi connectivity index (χ0v) is 14.0. The maximum atomic E-state index is 12.6. The first kappa shape index (κ1) is 15.0. The van der Waals surface area contributed by atoms with E-state index < -0.39 is 9.84 Å². The first-order valence-electron chi connectivity index (χ1n) is 7.09. The van der Waals surface area contributed by atoms with E-state index in [0.29, 0.717) is 11.3 Å². The Morgan fingerprint density at radius 3 is 2.62 bits per heavy atom. The van der Waals surface area contributed by atoms with Gasteiger partial charge in [-0.3, -0.25) is 0 Å².